The minimum Gasteiger partial charge on any atom is -0.396 e. The molecule has 0 spiro atoms. The van der Waals surface area contributed by atoms with E-state index in [4.69, 9.17) is 5.73 Å². The van der Waals surface area contributed by atoms with Gasteiger partial charge < -0.3 is 15.5 Å². The highest BCUT2D eigenvalue weighted by molar-refractivity contribution is 5.66. The summed E-state index contributed by atoms with van der Waals surface area (Å²) in [4.78, 5) is 8.72. The van der Waals surface area contributed by atoms with Crippen LogP contribution >= 0.6 is 0 Å². The van der Waals surface area contributed by atoms with Gasteiger partial charge in [-0.25, -0.2) is 0 Å². The fourth-order valence-electron chi connectivity index (χ4n) is 1.95. The Kier molecular flexibility index (Phi) is 2.77. The van der Waals surface area contributed by atoms with Crippen LogP contribution in [0, 0.1) is 0 Å². The number of anilines is 2. The van der Waals surface area contributed by atoms with Gasteiger partial charge in [-0.1, -0.05) is 0 Å². The van der Waals surface area contributed by atoms with Crippen LogP contribution in [0.5, 0.6) is 0 Å². The molecule has 1 saturated heterocycles. The molecule has 2 heterocycles. The summed E-state index contributed by atoms with van der Waals surface area (Å²) < 4.78 is 0. The third kappa shape index (κ3) is 2.04. The third-order valence-corrected chi connectivity index (χ3v) is 3.13. The molecule has 0 bridgehead atoms. The van der Waals surface area contributed by atoms with E-state index in [0.29, 0.717) is 6.04 Å². The van der Waals surface area contributed by atoms with E-state index in [0.717, 1.165) is 31.0 Å². The van der Waals surface area contributed by atoms with Gasteiger partial charge in [-0.3, -0.25) is 4.98 Å². The first kappa shape index (κ1) is 10.2. The zero-order valence-corrected chi connectivity index (χ0v) is 9.35. The van der Waals surface area contributed by atoms with Crippen molar-refractivity contribution >= 4 is 11.4 Å². The Labute approximate surface area is 90.7 Å². The molecule has 1 aliphatic heterocycles. The second-order valence-corrected chi connectivity index (χ2v) is 4.21. The Morgan fingerprint density at radius 1 is 1.47 bits per heavy atom. The topological polar surface area (TPSA) is 45.4 Å². The first-order chi connectivity index (χ1) is 7.18. The largest absolute Gasteiger partial charge is 0.396 e. The smallest absolute Gasteiger partial charge is 0.0738 e. The van der Waals surface area contributed by atoms with Crippen molar-refractivity contribution in [2.45, 2.75) is 13.0 Å². The molecule has 4 nitrogen and oxygen atoms in total. The summed E-state index contributed by atoms with van der Waals surface area (Å²) in [6.45, 7) is 5.40. The second kappa shape index (κ2) is 4.06. The first-order valence-electron chi connectivity index (χ1n) is 5.33. The first-order valence-corrected chi connectivity index (χ1v) is 5.33. The standard InChI is InChI=1S/C11H18N4/c1-9-8-15(6-5-14(9)2)11-3-4-13-7-10(11)12/h3-4,7,9H,5-6,8,12H2,1-2H3. The summed E-state index contributed by atoms with van der Waals surface area (Å²) in [5.41, 5.74) is 7.80. The van der Waals surface area contributed by atoms with Crippen LogP contribution in [-0.4, -0.2) is 42.6 Å². The minimum absolute atomic E-state index is 0.575. The van der Waals surface area contributed by atoms with Crippen LogP contribution in [-0.2, 0) is 0 Å². The van der Waals surface area contributed by atoms with Crippen LogP contribution in [0.4, 0.5) is 11.4 Å². The van der Waals surface area contributed by atoms with Gasteiger partial charge in [0.15, 0.2) is 0 Å². The highest BCUT2D eigenvalue weighted by Gasteiger charge is 2.21. The predicted molar refractivity (Wildman–Crippen MR) is 63.0 cm³/mol. The van der Waals surface area contributed by atoms with E-state index in [1.54, 1.807) is 12.4 Å². The number of nitrogens with two attached hydrogens (primary N) is 1. The van der Waals surface area contributed by atoms with E-state index in [2.05, 4.69) is 28.8 Å². The van der Waals surface area contributed by atoms with Gasteiger partial charge >= 0.3 is 0 Å². The Balaban J connectivity index is 2.15. The fourth-order valence-corrected chi connectivity index (χ4v) is 1.95. The zero-order chi connectivity index (χ0) is 10.8. The van der Waals surface area contributed by atoms with Crippen LogP contribution in [0.2, 0.25) is 0 Å². The molecule has 0 amide bonds. The van der Waals surface area contributed by atoms with Gasteiger partial charge in [0.1, 0.15) is 0 Å². The van der Waals surface area contributed by atoms with Gasteiger partial charge in [0.25, 0.3) is 0 Å². The Morgan fingerprint density at radius 2 is 2.27 bits per heavy atom. The molecule has 1 atom stereocenters. The Morgan fingerprint density at radius 3 is 2.93 bits per heavy atom. The maximum Gasteiger partial charge on any atom is 0.0738 e. The highest BCUT2D eigenvalue weighted by Crippen LogP contribution is 2.23. The lowest BCUT2D eigenvalue weighted by Gasteiger charge is -2.39. The van der Waals surface area contributed by atoms with Crippen molar-refractivity contribution in [2.75, 3.05) is 37.3 Å². The number of rotatable bonds is 1. The molecule has 0 radical (unpaired) electrons. The summed E-state index contributed by atoms with van der Waals surface area (Å²) in [5.74, 6) is 0. The van der Waals surface area contributed by atoms with Crippen LogP contribution in [0.15, 0.2) is 18.5 Å². The second-order valence-electron chi connectivity index (χ2n) is 4.21. The van der Waals surface area contributed by atoms with E-state index >= 15 is 0 Å². The molecule has 4 heteroatoms. The fraction of sp³-hybridized carbons (Fsp3) is 0.545. The molecule has 15 heavy (non-hydrogen) atoms. The summed E-state index contributed by atoms with van der Waals surface area (Å²) >= 11 is 0. The van der Waals surface area contributed by atoms with Crippen LogP contribution < -0.4 is 10.6 Å². The molecule has 0 aromatic carbocycles. The lowest BCUT2D eigenvalue weighted by molar-refractivity contribution is 0.234. The normalized spacial score (nSPS) is 23.1. The number of hydrogen-bond donors (Lipinski definition) is 1. The summed E-state index contributed by atoms with van der Waals surface area (Å²) in [6, 6.07) is 2.57. The molecule has 2 rings (SSSR count). The van der Waals surface area contributed by atoms with Gasteiger partial charge in [-0.15, -0.1) is 0 Å². The molecule has 1 aromatic heterocycles. The van der Waals surface area contributed by atoms with E-state index in [9.17, 15) is 0 Å². The molecule has 1 aromatic rings. The number of hydrogen-bond acceptors (Lipinski definition) is 4. The molecular formula is C11H18N4. The highest BCUT2D eigenvalue weighted by atomic mass is 15.3. The van der Waals surface area contributed by atoms with Crippen molar-refractivity contribution in [1.82, 2.24) is 9.88 Å². The summed E-state index contributed by atoms with van der Waals surface area (Å²) in [5, 5.41) is 0. The van der Waals surface area contributed by atoms with Crippen LogP contribution in [0.3, 0.4) is 0 Å². The van der Waals surface area contributed by atoms with Crippen molar-refractivity contribution < 1.29 is 0 Å². The molecule has 0 saturated carbocycles. The minimum atomic E-state index is 0.575. The monoisotopic (exact) mass is 206 g/mol. The molecule has 1 unspecified atom stereocenters. The number of nitrogens with zero attached hydrogens (tertiary/aromatic N) is 3. The average Bonchev–Trinajstić information content (AvgIpc) is 2.23. The number of likely N-dealkylation sites (N-methyl/N-ethyl adjacent to an activating group) is 1. The molecular weight excluding hydrogens is 188 g/mol. The zero-order valence-electron chi connectivity index (χ0n) is 9.35. The van der Waals surface area contributed by atoms with Crippen molar-refractivity contribution in [1.29, 1.82) is 0 Å². The van der Waals surface area contributed by atoms with Gasteiger partial charge in [0.2, 0.25) is 0 Å². The van der Waals surface area contributed by atoms with Crippen molar-refractivity contribution in [3.63, 3.8) is 0 Å². The maximum absolute atomic E-state index is 5.91. The molecule has 1 aliphatic rings. The van der Waals surface area contributed by atoms with Crippen LogP contribution in [0.1, 0.15) is 6.92 Å². The SMILES string of the molecule is CC1CN(c2ccncc2N)CCN1C. The van der Waals surface area contributed by atoms with Gasteiger partial charge in [-0.2, -0.15) is 0 Å². The molecule has 2 N–H and O–H groups in total. The maximum atomic E-state index is 5.91. The number of pyridine rings is 1. The third-order valence-electron chi connectivity index (χ3n) is 3.13. The van der Waals surface area contributed by atoms with Crippen molar-refractivity contribution in [3.05, 3.63) is 18.5 Å². The molecule has 0 aliphatic carbocycles. The lowest BCUT2D eigenvalue weighted by Crippen LogP contribution is -2.50. The van der Waals surface area contributed by atoms with E-state index < -0.39 is 0 Å². The van der Waals surface area contributed by atoms with Gasteiger partial charge in [-0.05, 0) is 20.0 Å². The number of piperazine rings is 1. The van der Waals surface area contributed by atoms with Crippen LogP contribution in [0.25, 0.3) is 0 Å². The molecule has 1 fully saturated rings. The van der Waals surface area contributed by atoms with Crippen molar-refractivity contribution in [3.8, 4) is 0 Å². The predicted octanol–water partition coefficient (Wildman–Crippen LogP) is 0.804. The Bertz CT molecular complexity index is 339. The number of nitrogen functional groups attached to an aromatic ring is 1. The van der Waals surface area contributed by atoms with E-state index in [1.807, 2.05) is 6.07 Å². The summed E-state index contributed by atoms with van der Waals surface area (Å²) in [6.07, 6.45) is 3.52. The van der Waals surface area contributed by atoms with Gasteiger partial charge in [0.05, 0.1) is 17.6 Å². The van der Waals surface area contributed by atoms with Crippen molar-refractivity contribution in [2.24, 2.45) is 0 Å². The quantitative estimate of drug-likeness (QED) is 0.738. The lowest BCUT2D eigenvalue weighted by atomic mass is 10.2. The molecule has 82 valence electrons. The Hall–Kier alpha value is -1.29. The number of aromatic nitrogens is 1. The van der Waals surface area contributed by atoms with E-state index in [1.165, 1.54) is 0 Å². The van der Waals surface area contributed by atoms with E-state index in [-0.39, 0.29) is 0 Å². The average molecular weight is 206 g/mol. The van der Waals surface area contributed by atoms with Gasteiger partial charge in [0, 0.05) is 31.9 Å². The summed E-state index contributed by atoms with van der Waals surface area (Å²) in [7, 11) is 2.16.